The summed E-state index contributed by atoms with van der Waals surface area (Å²) < 4.78 is 5.31. The maximum absolute atomic E-state index is 12.0. The van der Waals surface area contributed by atoms with Gasteiger partial charge in [-0.05, 0) is 19.4 Å². The molecule has 0 bridgehead atoms. The summed E-state index contributed by atoms with van der Waals surface area (Å²) >= 11 is 0. The lowest BCUT2D eigenvalue weighted by molar-refractivity contribution is -0.124. The number of amides is 2. The van der Waals surface area contributed by atoms with Crippen LogP contribution in [0.25, 0.3) is 0 Å². The van der Waals surface area contributed by atoms with E-state index in [0.717, 1.165) is 10.5 Å². The Morgan fingerprint density at radius 3 is 2.60 bits per heavy atom. The van der Waals surface area contributed by atoms with Gasteiger partial charge in [0.2, 0.25) is 0 Å². The summed E-state index contributed by atoms with van der Waals surface area (Å²) in [6, 6.07) is 9.11. The van der Waals surface area contributed by atoms with Crippen molar-refractivity contribution in [3.63, 3.8) is 0 Å². The van der Waals surface area contributed by atoms with Crippen molar-refractivity contribution in [3.8, 4) is 0 Å². The van der Waals surface area contributed by atoms with Crippen molar-refractivity contribution in [3.05, 3.63) is 60.2 Å². The molecule has 0 unspecified atom stereocenters. The van der Waals surface area contributed by atoms with Crippen LogP contribution in [-0.4, -0.2) is 22.9 Å². The number of imide groups is 1. The van der Waals surface area contributed by atoms with E-state index in [4.69, 9.17) is 4.74 Å². The van der Waals surface area contributed by atoms with Crippen molar-refractivity contribution in [1.29, 1.82) is 0 Å². The van der Waals surface area contributed by atoms with Crippen molar-refractivity contribution >= 4 is 12.0 Å². The van der Waals surface area contributed by atoms with Crippen LogP contribution in [-0.2, 0) is 9.53 Å². The average Bonchev–Trinajstić information content (AvgIpc) is 2.75. The van der Waals surface area contributed by atoms with Gasteiger partial charge in [-0.15, -0.1) is 0 Å². The minimum Gasteiger partial charge on any atom is -0.439 e. The Labute approximate surface area is 118 Å². The van der Waals surface area contributed by atoms with Crippen molar-refractivity contribution in [2.75, 3.05) is 0 Å². The molecule has 0 saturated carbocycles. The SMILES string of the molecule is C/C=C/C=C/C(=O)N1C(=O)O[C@@H](c2ccccc2)[C@H]1C. The third-order valence-corrected chi connectivity index (χ3v) is 3.18. The zero-order chi connectivity index (χ0) is 14.5. The maximum atomic E-state index is 12.0. The van der Waals surface area contributed by atoms with Gasteiger partial charge in [0.25, 0.3) is 5.91 Å². The molecule has 104 valence electrons. The second kappa shape index (κ2) is 6.19. The summed E-state index contributed by atoms with van der Waals surface area (Å²) in [7, 11) is 0. The summed E-state index contributed by atoms with van der Waals surface area (Å²) in [6.07, 6.45) is 5.51. The normalized spacial score (nSPS) is 22.7. The lowest BCUT2D eigenvalue weighted by atomic mass is 10.0. The molecule has 1 fully saturated rings. The number of ether oxygens (including phenoxy) is 1. The van der Waals surface area contributed by atoms with Gasteiger partial charge in [-0.3, -0.25) is 4.79 Å². The van der Waals surface area contributed by atoms with Crippen LogP contribution in [0.1, 0.15) is 25.5 Å². The Morgan fingerprint density at radius 2 is 1.95 bits per heavy atom. The summed E-state index contributed by atoms with van der Waals surface area (Å²) in [6.45, 7) is 3.66. The van der Waals surface area contributed by atoms with Gasteiger partial charge < -0.3 is 4.74 Å². The lowest BCUT2D eigenvalue weighted by Crippen LogP contribution is -2.36. The quantitative estimate of drug-likeness (QED) is 0.626. The number of carbonyl (C=O) groups excluding carboxylic acids is 2. The van der Waals surface area contributed by atoms with Crippen LogP contribution in [0.4, 0.5) is 4.79 Å². The molecule has 1 aromatic rings. The molecule has 0 aliphatic carbocycles. The molecule has 4 heteroatoms. The van der Waals surface area contributed by atoms with Crippen molar-refractivity contribution < 1.29 is 14.3 Å². The van der Waals surface area contributed by atoms with E-state index >= 15 is 0 Å². The topological polar surface area (TPSA) is 46.6 Å². The average molecular weight is 271 g/mol. The number of hydrogen-bond acceptors (Lipinski definition) is 3. The molecule has 1 aliphatic heterocycles. The number of benzene rings is 1. The van der Waals surface area contributed by atoms with E-state index in [0.29, 0.717) is 0 Å². The number of allylic oxidation sites excluding steroid dienone is 3. The molecule has 4 nitrogen and oxygen atoms in total. The van der Waals surface area contributed by atoms with Gasteiger partial charge in [0.05, 0.1) is 6.04 Å². The first-order valence-corrected chi connectivity index (χ1v) is 6.53. The van der Waals surface area contributed by atoms with E-state index < -0.39 is 12.2 Å². The molecule has 0 spiro atoms. The Balaban J connectivity index is 2.17. The van der Waals surface area contributed by atoms with Crippen LogP contribution in [0.5, 0.6) is 0 Å². The van der Waals surface area contributed by atoms with Gasteiger partial charge in [-0.2, -0.15) is 0 Å². The Morgan fingerprint density at radius 1 is 1.25 bits per heavy atom. The van der Waals surface area contributed by atoms with Crippen LogP contribution in [0.15, 0.2) is 54.6 Å². The first kappa shape index (κ1) is 14.1. The molecular formula is C16H17NO3. The molecule has 1 aromatic carbocycles. The smallest absolute Gasteiger partial charge is 0.417 e. The fourth-order valence-electron chi connectivity index (χ4n) is 2.17. The maximum Gasteiger partial charge on any atom is 0.417 e. The second-order valence-electron chi connectivity index (χ2n) is 4.55. The van der Waals surface area contributed by atoms with Gasteiger partial charge in [-0.1, -0.05) is 48.6 Å². The van der Waals surface area contributed by atoms with E-state index in [1.54, 1.807) is 12.2 Å². The highest BCUT2D eigenvalue weighted by atomic mass is 16.6. The van der Waals surface area contributed by atoms with E-state index in [9.17, 15) is 9.59 Å². The van der Waals surface area contributed by atoms with Gasteiger partial charge in [0.15, 0.2) is 0 Å². The molecule has 20 heavy (non-hydrogen) atoms. The number of cyclic esters (lactones) is 1. The van der Waals surface area contributed by atoms with E-state index in [2.05, 4.69) is 0 Å². The predicted molar refractivity (Wildman–Crippen MR) is 75.9 cm³/mol. The fraction of sp³-hybridized carbons (Fsp3) is 0.250. The molecule has 0 N–H and O–H groups in total. The second-order valence-corrected chi connectivity index (χ2v) is 4.55. The molecular weight excluding hydrogens is 254 g/mol. The standard InChI is InChI=1S/C16H17NO3/c1-3-4-6-11-14(18)17-12(2)15(20-16(17)19)13-9-7-5-8-10-13/h3-12,15H,1-2H3/b4-3+,11-6+/t12-,15-/m1/s1. The zero-order valence-corrected chi connectivity index (χ0v) is 11.5. The molecule has 1 heterocycles. The highest BCUT2D eigenvalue weighted by molar-refractivity contribution is 6.00. The van der Waals surface area contributed by atoms with Crippen LogP contribution >= 0.6 is 0 Å². The molecule has 0 radical (unpaired) electrons. The monoisotopic (exact) mass is 271 g/mol. The van der Waals surface area contributed by atoms with Crippen LogP contribution in [0.2, 0.25) is 0 Å². The number of hydrogen-bond donors (Lipinski definition) is 0. The molecule has 1 aliphatic rings. The van der Waals surface area contributed by atoms with Crippen LogP contribution < -0.4 is 0 Å². The third-order valence-electron chi connectivity index (χ3n) is 3.18. The van der Waals surface area contributed by atoms with Gasteiger partial charge in [-0.25, -0.2) is 9.69 Å². The number of carbonyl (C=O) groups is 2. The largest absolute Gasteiger partial charge is 0.439 e. The highest BCUT2D eigenvalue weighted by Gasteiger charge is 2.42. The number of nitrogens with zero attached hydrogens (tertiary/aromatic N) is 1. The summed E-state index contributed by atoms with van der Waals surface area (Å²) in [4.78, 5) is 25.0. The summed E-state index contributed by atoms with van der Waals surface area (Å²) in [5, 5.41) is 0. The molecule has 2 amide bonds. The van der Waals surface area contributed by atoms with Crippen molar-refractivity contribution in [2.24, 2.45) is 0 Å². The van der Waals surface area contributed by atoms with Crippen molar-refractivity contribution in [1.82, 2.24) is 4.90 Å². The van der Waals surface area contributed by atoms with E-state index in [1.165, 1.54) is 6.08 Å². The van der Waals surface area contributed by atoms with Crippen molar-refractivity contribution in [2.45, 2.75) is 26.0 Å². The van der Waals surface area contributed by atoms with E-state index in [1.807, 2.05) is 50.3 Å². The van der Waals surface area contributed by atoms with Gasteiger partial charge in [0, 0.05) is 6.08 Å². The third kappa shape index (κ3) is 2.79. The Kier molecular flexibility index (Phi) is 4.35. The molecule has 1 saturated heterocycles. The first-order valence-electron chi connectivity index (χ1n) is 6.53. The predicted octanol–water partition coefficient (Wildman–Crippen LogP) is 3.23. The minimum absolute atomic E-state index is 0.326. The Bertz CT molecular complexity index is 548. The van der Waals surface area contributed by atoms with Gasteiger partial charge in [0.1, 0.15) is 6.10 Å². The van der Waals surface area contributed by atoms with Gasteiger partial charge >= 0.3 is 6.09 Å². The highest BCUT2D eigenvalue weighted by Crippen LogP contribution is 2.32. The summed E-state index contributed by atoms with van der Waals surface area (Å²) in [5.41, 5.74) is 0.890. The molecule has 0 aromatic heterocycles. The van der Waals surface area contributed by atoms with E-state index in [-0.39, 0.29) is 11.9 Å². The first-order chi connectivity index (χ1) is 9.65. The fourth-order valence-corrected chi connectivity index (χ4v) is 2.17. The summed E-state index contributed by atoms with van der Waals surface area (Å²) in [5.74, 6) is -0.362. The minimum atomic E-state index is -0.596. The van der Waals surface area contributed by atoms with Crippen LogP contribution in [0.3, 0.4) is 0 Å². The Hall–Kier alpha value is -2.36. The number of rotatable bonds is 3. The molecule has 2 rings (SSSR count). The lowest BCUT2D eigenvalue weighted by Gasteiger charge is -2.17. The van der Waals surface area contributed by atoms with Crippen LogP contribution in [0, 0.1) is 0 Å². The zero-order valence-electron chi connectivity index (χ0n) is 11.5. The molecule has 2 atom stereocenters.